The Hall–Kier alpha value is -12.6. The third kappa shape index (κ3) is 21.3. The number of benzene rings is 8. The van der Waals surface area contributed by atoms with E-state index in [1.54, 1.807) is 31.2 Å². The third-order valence-corrected chi connectivity index (χ3v) is 21.7. The minimum Gasteiger partial charge on any atom is -0.512 e. The molecule has 0 fully saturated rings. The number of ketones is 2. The number of allylic oxidation sites excluding steroid dienone is 16. The van der Waals surface area contributed by atoms with E-state index in [1.165, 1.54) is 117 Å². The summed E-state index contributed by atoms with van der Waals surface area (Å²) in [6.45, 7) is 44.4. The predicted octanol–water partition coefficient (Wildman–Crippen LogP) is 24.8. The van der Waals surface area contributed by atoms with Crippen LogP contribution in [0.5, 0.6) is 0 Å². The number of para-hydroxylation sites is 1. The smallest absolute Gasteiger partial charge is 0.269 e. The van der Waals surface area contributed by atoms with Crippen molar-refractivity contribution in [2.45, 2.75) is 131 Å². The minimum atomic E-state index is -0.125. The summed E-state index contributed by atoms with van der Waals surface area (Å²) >= 11 is 0. The molecule has 6 heterocycles. The second kappa shape index (κ2) is 39.3. The Morgan fingerprint density at radius 3 is 1.47 bits per heavy atom. The van der Waals surface area contributed by atoms with Crippen LogP contribution in [0.3, 0.4) is 0 Å². The van der Waals surface area contributed by atoms with E-state index in [1.807, 2.05) is 98.9 Å². The predicted molar refractivity (Wildman–Crippen MR) is 478 cm³/mol. The van der Waals surface area contributed by atoms with Crippen LogP contribution in [0.4, 0.5) is 11.4 Å². The first-order valence-electron chi connectivity index (χ1n) is 39.3. The van der Waals surface area contributed by atoms with Crippen molar-refractivity contribution < 1.29 is 69.5 Å². The van der Waals surface area contributed by atoms with Gasteiger partial charge in [-0.1, -0.05) is 205 Å². The molecule has 0 bridgehead atoms. The Labute approximate surface area is 734 Å². The fraction of sp³-hybridized carbons (Fsp3) is 0.231. The van der Waals surface area contributed by atoms with E-state index in [4.69, 9.17) is 43.1 Å². The SMILES string of the molecule is CC(=O)C=C(C)O.CC(=O)C=C(C)O.CC1(C)c2ccccc2-c2c[c-]c(-c3ccc4ccccc4n3)cc21.CC1(C)c2ccccc2-c2c[c-]c(-c3nccc4ccccc34)cc21.[C-]#[N+]/C(C#N)=C1\C=C(C)OC(/C=C/c2cc3c4c(c2)C(C)(C)CCN4CCC3(C)C)=C1.[C-]#[N+]/C(C#N)=C1\C=C(C)OC(/C=C/c2ccc(N(C)C)cc2)=C1.[Ir].[Ir]. The Morgan fingerprint density at radius 1 is 0.533 bits per heavy atom. The van der Waals surface area contributed by atoms with Gasteiger partial charge in [-0.3, -0.25) is 14.6 Å². The Balaban J connectivity index is 0.000000172. The molecule has 16 heteroatoms. The standard InChI is InChI=1S/C27H29N3O.2C24H18N.C19H17N3O.2C5H8O2.2Ir/c1-18-13-20(24(17-28)29-6)16-21(31-18)8-7-19-14-22-25-23(15-19)27(4,5)10-12-30(25)11-9-26(22,2)3;1-24(2)20-9-5-4-8-18(20)19-13-11-17(15-21(19)24)23-14-12-16-7-3-6-10-22(16)25-23;1-24(2)21-10-6-5-9-19(21)20-12-11-17(15-22(20)24)23-18-8-4-3-7-16(18)13-14-25-23;1-14-11-16(19(13-20)21-2)12-18(23-14)10-7-15-5-8-17(9-6-15)22(3)4;2*1-4(6)3-5(2)7;;/h7-8,13-16H,9-12H2,1-5H3;2*3-10,12-15H,1-2H3;5-12H,1,3-4H3;2*3,6H,1-2H3;;/q;2*-1;;;;;/b8-7+,24-20+;;;10-7+,19-16+;;;;. The molecule has 10 aromatic rings. The zero-order valence-electron chi connectivity index (χ0n) is 70.7. The van der Waals surface area contributed by atoms with Gasteiger partial charge in [-0.05, 0) is 221 Å². The van der Waals surface area contributed by atoms with Gasteiger partial charge in [0.1, 0.15) is 23.0 Å². The van der Waals surface area contributed by atoms with Gasteiger partial charge in [0.2, 0.25) is 0 Å². The summed E-state index contributed by atoms with van der Waals surface area (Å²) in [6.07, 6.45) is 21.2. The molecule has 120 heavy (non-hydrogen) atoms. The number of hydrogen-bond donors (Lipinski definition) is 2. The van der Waals surface area contributed by atoms with E-state index in [0.29, 0.717) is 34.2 Å². The van der Waals surface area contributed by atoms with Crippen molar-refractivity contribution in [3.05, 3.63) is 367 Å². The molecule has 0 atom stereocenters. The van der Waals surface area contributed by atoms with Gasteiger partial charge in [0.05, 0.1) is 42.3 Å². The van der Waals surface area contributed by atoms with Crippen molar-refractivity contribution in [2.75, 3.05) is 37.0 Å². The van der Waals surface area contributed by atoms with Crippen LogP contribution in [0.15, 0.2) is 288 Å². The van der Waals surface area contributed by atoms with Gasteiger partial charge in [-0.25, -0.2) is 20.2 Å². The summed E-state index contributed by atoms with van der Waals surface area (Å²) in [5.74, 6) is 2.44. The molecule has 14 nitrogen and oxygen atoms in total. The van der Waals surface area contributed by atoms with Crippen LogP contribution in [0.25, 0.3) is 88.3 Å². The summed E-state index contributed by atoms with van der Waals surface area (Å²) in [5, 5.41) is 38.5. The van der Waals surface area contributed by atoms with Gasteiger partial charge in [-0.15, -0.1) is 58.7 Å². The number of rotatable bonds is 9. The second-order valence-electron chi connectivity index (χ2n) is 32.5. The average molecular weight is 1940 g/mol. The number of ether oxygens (including phenoxy) is 2. The van der Waals surface area contributed by atoms with Crippen LogP contribution in [0, 0.1) is 47.9 Å². The Morgan fingerprint density at radius 2 is 0.992 bits per heavy atom. The first kappa shape index (κ1) is 91.3. The van der Waals surface area contributed by atoms with E-state index in [0.717, 1.165) is 70.8 Å². The summed E-state index contributed by atoms with van der Waals surface area (Å²) in [6, 6.07) is 72.8. The number of carbonyl (C=O) groups is 2. The fourth-order valence-electron chi connectivity index (χ4n) is 15.6. The zero-order chi connectivity index (χ0) is 85.0. The van der Waals surface area contributed by atoms with E-state index in [2.05, 4.69) is 233 Å². The molecule has 2 N–H and O–H groups in total. The van der Waals surface area contributed by atoms with Crippen molar-refractivity contribution in [1.29, 1.82) is 10.5 Å². The minimum absolute atomic E-state index is 0. The van der Waals surface area contributed by atoms with Crippen molar-refractivity contribution in [1.82, 2.24) is 9.97 Å². The summed E-state index contributed by atoms with van der Waals surface area (Å²) < 4.78 is 11.5. The molecule has 610 valence electrons. The quantitative estimate of drug-likeness (QED) is 0.0605. The number of aliphatic hydroxyl groups is 2. The number of aliphatic hydroxyl groups excluding tert-OH is 2. The van der Waals surface area contributed by atoms with Crippen LogP contribution >= 0.6 is 0 Å². The number of anilines is 2. The van der Waals surface area contributed by atoms with Crippen molar-refractivity contribution in [3.63, 3.8) is 0 Å². The van der Waals surface area contributed by atoms with E-state index in [9.17, 15) is 14.9 Å². The van der Waals surface area contributed by atoms with Gasteiger partial charge >= 0.3 is 0 Å². The first-order valence-corrected chi connectivity index (χ1v) is 39.3. The van der Waals surface area contributed by atoms with Crippen molar-refractivity contribution >= 4 is 56.8 Å². The maximum atomic E-state index is 10.0. The first-order chi connectivity index (χ1) is 56.2. The topological polar surface area (TPSA) is 182 Å². The molecular weight excluding hydrogens is 1840 g/mol. The molecule has 8 aromatic carbocycles. The van der Waals surface area contributed by atoms with E-state index in [-0.39, 0.29) is 96.3 Å². The molecule has 2 radical (unpaired) electrons. The number of nitrogens with zero attached hydrogens (tertiary/aromatic N) is 8. The average Bonchev–Trinajstić information content (AvgIpc) is 0.790. The molecule has 16 rings (SSSR count). The zero-order valence-corrected chi connectivity index (χ0v) is 75.5. The van der Waals surface area contributed by atoms with Crippen LogP contribution in [0.1, 0.15) is 154 Å². The molecule has 2 aliphatic carbocycles. The van der Waals surface area contributed by atoms with Crippen molar-refractivity contribution in [2.24, 2.45) is 0 Å². The maximum absolute atomic E-state index is 10.0. The molecule has 0 saturated heterocycles. The second-order valence-corrected chi connectivity index (χ2v) is 32.5. The molecule has 6 aliphatic rings. The maximum Gasteiger partial charge on any atom is 0.269 e. The number of fused-ring (bicyclic) bond motifs is 8. The summed E-state index contributed by atoms with van der Waals surface area (Å²) in [7, 11) is 4.00. The Bertz CT molecular complexity index is 6010. The molecule has 0 unspecified atom stereocenters. The molecule has 0 saturated carbocycles. The molecule has 0 amide bonds. The van der Waals surface area contributed by atoms with Crippen LogP contribution in [-0.2, 0) is 80.9 Å². The number of nitriles is 2. The molecule has 4 aliphatic heterocycles. The van der Waals surface area contributed by atoms with Gasteiger partial charge < -0.3 is 34.5 Å². The largest absolute Gasteiger partial charge is 0.512 e. The third-order valence-electron chi connectivity index (χ3n) is 21.7. The summed E-state index contributed by atoms with van der Waals surface area (Å²) in [5.41, 5.74) is 25.1. The Kier molecular flexibility index (Phi) is 29.9. The van der Waals surface area contributed by atoms with Crippen LogP contribution in [0.2, 0.25) is 0 Å². The van der Waals surface area contributed by atoms with Gasteiger partial charge in [0.25, 0.3) is 11.4 Å². The van der Waals surface area contributed by atoms with Crippen LogP contribution < -0.4 is 9.80 Å². The fourth-order valence-corrected chi connectivity index (χ4v) is 15.6. The molecule has 0 spiro atoms. The normalized spacial score (nSPS) is 16.1. The summed E-state index contributed by atoms with van der Waals surface area (Å²) in [4.78, 5) is 40.7. The van der Waals surface area contributed by atoms with Gasteiger partial charge in [-0.2, -0.15) is 0 Å². The van der Waals surface area contributed by atoms with Gasteiger partial charge in [0, 0.05) is 97.1 Å². The molecule has 2 aromatic heterocycles. The number of carbonyl (C=O) groups excluding carboxylic acids is 2. The van der Waals surface area contributed by atoms with Crippen LogP contribution in [-0.4, -0.2) is 58.9 Å². The number of aromatic nitrogens is 2. The number of hydrogen-bond acceptors (Lipinski definition) is 12. The van der Waals surface area contributed by atoms with E-state index >= 15 is 0 Å². The van der Waals surface area contributed by atoms with E-state index < -0.39 is 0 Å². The monoisotopic (exact) mass is 1940 g/mol. The molecular formula is C104H98Ir2N8O6-2. The van der Waals surface area contributed by atoms with Crippen molar-refractivity contribution in [3.8, 4) is 56.9 Å². The number of pyridine rings is 2. The van der Waals surface area contributed by atoms with Gasteiger partial charge in [0.15, 0.2) is 11.6 Å².